The summed E-state index contributed by atoms with van der Waals surface area (Å²) in [6.45, 7) is 1.84. The van der Waals surface area contributed by atoms with Crippen LogP contribution in [0.25, 0.3) is 0 Å². The molecule has 76 valence electrons. The fourth-order valence-electron chi connectivity index (χ4n) is 0.980. The standard InChI is InChI=1S/C9H12N2O2S/c1-6(5-8(12)13)14-9-7(10)3-2-4-11-9/h2-4,6H,5,10H2,1H3,(H,12,13). The Balaban J connectivity index is 2.60. The predicted octanol–water partition coefficient (Wildman–Crippen LogP) is 1.62. The fourth-order valence-corrected chi connectivity index (χ4v) is 1.91. The molecule has 0 bridgehead atoms. The predicted molar refractivity (Wildman–Crippen MR) is 56.2 cm³/mol. The number of nitrogens with two attached hydrogens (primary N) is 1. The lowest BCUT2D eigenvalue weighted by molar-refractivity contribution is -0.136. The van der Waals surface area contributed by atoms with E-state index in [0.717, 1.165) is 0 Å². The summed E-state index contributed by atoms with van der Waals surface area (Å²) in [5, 5.41) is 9.24. The molecule has 0 aliphatic carbocycles. The molecule has 0 fully saturated rings. The molecule has 0 radical (unpaired) electrons. The molecule has 14 heavy (non-hydrogen) atoms. The summed E-state index contributed by atoms with van der Waals surface area (Å²) < 4.78 is 0. The first-order chi connectivity index (χ1) is 6.59. The molecule has 1 aromatic rings. The highest BCUT2D eigenvalue weighted by Gasteiger charge is 2.11. The van der Waals surface area contributed by atoms with Gasteiger partial charge in [0, 0.05) is 11.4 Å². The molecule has 1 heterocycles. The van der Waals surface area contributed by atoms with Gasteiger partial charge in [0.15, 0.2) is 0 Å². The molecule has 0 spiro atoms. The number of rotatable bonds is 4. The lowest BCUT2D eigenvalue weighted by atomic mass is 10.3. The third-order valence-corrected chi connectivity index (χ3v) is 2.71. The van der Waals surface area contributed by atoms with Crippen LogP contribution in [0.4, 0.5) is 5.69 Å². The zero-order valence-electron chi connectivity index (χ0n) is 7.80. The van der Waals surface area contributed by atoms with E-state index in [2.05, 4.69) is 4.98 Å². The molecule has 0 aliphatic rings. The Morgan fingerprint density at radius 3 is 3.07 bits per heavy atom. The number of carbonyl (C=O) groups is 1. The van der Waals surface area contributed by atoms with E-state index in [1.807, 2.05) is 6.92 Å². The topological polar surface area (TPSA) is 76.2 Å². The monoisotopic (exact) mass is 212 g/mol. The summed E-state index contributed by atoms with van der Waals surface area (Å²) >= 11 is 1.38. The minimum Gasteiger partial charge on any atom is -0.481 e. The molecule has 1 atom stereocenters. The van der Waals surface area contributed by atoms with Crippen LogP contribution >= 0.6 is 11.8 Å². The van der Waals surface area contributed by atoms with Gasteiger partial charge in [0.1, 0.15) is 5.03 Å². The Morgan fingerprint density at radius 2 is 2.50 bits per heavy atom. The summed E-state index contributed by atoms with van der Waals surface area (Å²) in [5.74, 6) is -0.806. The number of carboxylic acids is 1. The molecule has 0 aromatic carbocycles. The van der Waals surface area contributed by atoms with Gasteiger partial charge < -0.3 is 10.8 Å². The molecule has 3 N–H and O–H groups in total. The van der Waals surface area contributed by atoms with Crippen molar-refractivity contribution in [2.45, 2.75) is 23.6 Å². The highest BCUT2D eigenvalue weighted by Crippen LogP contribution is 2.27. The van der Waals surface area contributed by atoms with E-state index in [0.29, 0.717) is 10.7 Å². The second-order valence-corrected chi connectivity index (χ2v) is 4.35. The van der Waals surface area contributed by atoms with E-state index >= 15 is 0 Å². The van der Waals surface area contributed by atoms with Crippen molar-refractivity contribution in [3.63, 3.8) is 0 Å². The van der Waals surface area contributed by atoms with Gasteiger partial charge in [-0.25, -0.2) is 4.98 Å². The SMILES string of the molecule is CC(CC(=O)O)Sc1ncccc1N. The Kier molecular flexibility index (Phi) is 3.76. The van der Waals surface area contributed by atoms with Gasteiger partial charge in [0.2, 0.25) is 0 Å². The number of nitrogen functional groups attached to an aromatic ring is 1. The van der Waals surface area contributed by atoms with Crippen LogP contribution in [0.15, 0.2) is 23.4 Å². The van der Waals surface area contributed by atoms with E-state index in [1.54, 1.807) is 18.3 Å². The smallest absolute Gasteiger partial charge is 0.304 e. The third-order valence-electron chi connectivity index (χ3n) is 1.58. The zero-order valence-corrected chi connectivity index (χ0v) is 8.62. The fraction of sp³-hybridized carbons (Fsp3) is 0.333. The minimum absolute atomic E-state index is 0.0234. The van der Waals surface area contributed by atoms with E-state index in [-0.39, 0.29) is 11.7 Å². The van der Waals surface area contributed by atoms with Crippen LogP contribution in [0.1, 0.15) is 13.3 Å². The molecular weight excluding hydrogens is 200 g/mol. The third kappa shape index (κ3) is 3.26. The quantitative estimate of drug-likeness (QED) is 0.742. The number of nitrogens with zero attached hydrogens (tertiary/aromatic N) is 1. The molecule has 0 saturated carbocycles. The molecule has 1 rings (SSSR count). The van der Waals surface area contributed by atoms with Gasteiger partial charge in [0.25, 0.3) is 0 Å². The molecule has 1 unspecified atom stereocenters. The number of hydrogen-bond acceptors (Lipinski definition) is 4. The number of aromatic nitrogens is 1. The molecule has 1 aromatic heterocycles. The number of thioether (sulfide) groups is 1. The lowest BCUT2D eigenvalue weighted by Crippen LogP contribution is -2.06. The van der Waals surface area contributed by atoms with Crippen LogP contribution in [-0.4, -0.2) is 21.3 Å². The highest BCUT2D eigenvalue weighted by atomic mass is 32.2. The summed E-state index contributed by atoms with van der Waals surface area (Å²) in [5.41, 5.74) is 6.26. The summed E-state index contributed by atoms with van der Waals surface area (Å²) in [6.07, 6.45) is 1.76. The molecule has 0 aliphatic heterocycles. The van der Waals surface area contributed by atoms with Crippen molar-refractivity contribution in [3.8, 4) is 0 Å². The second-order valence-electron chi connectivity index (χ2n) is 2.92. The maximum Gasteiger partial charge on any atom is 0.304 e. The second kappa shape index (κ2) is 4.85. The Labute approximate surface area is 86.5 Å². The zero-order chi connectivity index (χ0) is 10.6. The van der Waals surface area contributed by atoms with Crippen LogP contribution in [0.2, 0.25) is 0 Å². The van der Waals surface area contributed by atoms with Crippen LogP contribution in [0, 0.1) is 0 Å². The van der Waals surface area contributed by atoms with Crippen molar-refractivity contribution < 1.29 is 9.90 Å². The summed E-state index contributed by atoms with van der Waals surface area (Å²) in [4.78, 5) is 14.5. The first-order valence-corrected chi connectivity index (χ1v) is 5.06. The Morgan fingerprint density at radius 1 is 1.79 bits per heavy atom. The van der Waals surface area contributed by atoms with Gasteiger partial charge in [-0.3, -0.25) is 4.79 Å². The molecular formula is C9H12N2O2S. The summed E-state index contributed by atoms with van der Waals surface area (Å²) in [7, 11) is 0. The van der Waals surface area contributed by atoms with Gasteiger partial charge >= 0.3 is 5.97 Å². The first-order valence-electron chi connectivity index (χ1n) is 4.18. The maximum absolute atomic E-state index is 10.4. The van der Waals surface area contributed by atoms with Gasteiger partial charge in [-0.05, 0) is 12.1 Å². The minimum atomic E-state index is -0.806. The van der Waals surface area contributed by atoms with Gasteiger partial charge in [-0.2, -0.15) is 0 Å². The molecule has 5 heteroatoms. The van der Waals surface area contributed by atoms with Crippen molar-refractivity contribution in [2.75, 3.05) is 5.73 Å². The molecule has 4 nitrogen and oxygen atoms in total. The molecule has 0 amide bonds. The van der Waals surface area contributed by atoms with Crippen molar-refractivity contribution in [3.05, 3.63) is 18.3 Å². The van der Waals surface area contributed by atoms with E-state index in [4.69, 9.17) is 10.8 Å². The first kappa shape index (κ1) is 10.8. The van der Waals surface area contributed by atoms with Crippen LogP contribution in [0.3, 0.4) is 0 Å². The average Bonchev–Trinajstić information content (AvgIpc) is 2.07. The number of aliphatic carboxylic acids is 1. The lowest BCUT2D eigenvalue weighted by Gasteiger charge is -2.08. The van der Waals surface area contributed by atoms with Crippen LogP contribution in [-0.2, 0) is 4.79 Å². The Hall–Kier alpha value is -1.23. The maximum atomic E-state index is 10.4. The van der Waals surface area contributed by atoms with Crippen molar-refractivity contribution in [2.24, 2.45) is 0 Å². The Bertz CT molecular complexity index is 330. The number of pyridine rings is 1. The van der Waals surface area contributed by atoms with Crippen molar-refractivity contribution in [1.82, 2.24) is 4.98 Å². The number of carboxylic acid groups (broad SMARTS) is 1. The largest absolute Gasteiger partial charge is 0.481 e. The van der Waals surface area contributed by atoms with Crippen molar-refractivity contribution in [1.29, 1.82) is 0 Å². The average molecular weight is 212 g/mol. The number of anilines is 1. The van der Waals surface area contributed by atoms with Crippen LogP contribution < -0.4 is 5.73 Å². The van der Waals surface area contributed by atoms with Crippen LogP contribution in [0.5, 0.6) is 0 Å². The summed E-state index contributed by atoms with van der Waals surface area (Å²) in [6, 6.07) is 3.50. The van der Waals surface area contributed by atoms with Gasteiger partial charge in [0.05, 0.1) is 12.1 Å². The van der Waals surface area contributed by atoms with Gasteiger partial charge in [-0.15, -0.1) is 11.8 Å². The van der Waals surface area contributed by atoms with E-state index in [9.17, 15) is 4.79 Å². The van der Waals surface area contributed by atoms with Gasteiger partial charge in [-0.1, -0.05) is 6.92 Å². The highest BCUT2D eigenvalue weighted by molar-refractivity contribution is 8.00. The molecule has 0 saturated heterocycles. The van der Waals surface area contributed by atoms with E-state index < -0.39 is 5.97 Å². The normalized spacial score (nSPS) is 12.4. The van der Waals surface area contributed by atoms with Crippen molar-refractivity contribution >= 4 is 23.4 Å². The number of hydrogen-bond donors (Lipinski definition) is 2. The van der Waals surface area contributed by atoms with E-state index in [1.165, 1.54) is 11.8 Å².